The van der Waals surface area contributed by atoms with E-state index in [1.165, 1.54) is 11.8 Å². The van der Waals surface area contributed by atoms with E-state index in [2.05, 4.69) is 44.2 Å². The van der Waals surface area contributed by atoms with Crippen molar-refractivity contribution >= 4 is 40.4 Å². The molecule has 0 unspecified atom stereocenters. The van der Waals surface area contributed by atoms with Crippen molar-refractivity contribution in [2.24, 2.45) is 11.0 Å². The standard InChI is InChI=1S/C29H27N3O3S/c1-18-7-3-10-22-19(2)15-25(30-27(18)22)36-17-26(33)32-29(24-12-6-14-35-24)23-11-4-8-20(28(23)31-32)16-21-9-5-13-34-21/h3,5-7,9-10,12-16,23,29H,4,8,11,17H2,1-2H3/b20-16+/t23-,29+/m0/s1. The highest BCUT2D eigenvalue weighted by molar-refractivity contribution is 7.99. The van der Waals surface area contributed by atoms with Crippen molar-refractivity contribution in [1.29, 1.82) is 0 Å². The van der Waals surface area contributed by atoms with E-state index in [0.717, 1.165) is 69.1 Å². The summed E-state index contributed by atoms with van der Waals surface area (Å²) in [5.74, 6) is 1.87. The summed E-state index contributed by atoms with van der Waals surface area (Å²) in [6.45, 7) is 4.16. The molecule has 0 saturated heterocycles. The van der Waals surface area contributed by atoms with E-state index < -0.39 is 0 Å². The summed E-state index contributed by atoms with van der Waals surface area (Å²) in [7, 11) is 0. The quantitative estimate of drug-likeness (QED) is 0.279. The first-order valence-electron chi connectivity index (χ1n) is 12.3. The Hall–Kier alpha value is -3.58. The van der Waals surface area contributed by atoms with E-state index >= 15 is 0 Å². The van der Waals surface area contributed by atoms with Crippen LogP contribution in [0.2, 0.25) is 0 Å². The van der Waals surface area contributed by atoms with Crippen LogP contribution in [0.3, 0.4) is 0 Å². The molecular formula is C29H27N3O3S. The van der Waals surface area contributed by atoms with Crippen molar-refractivity contribution in [3.05, 3.63) is 89.3 Å². The number of carbonyl (C=O) groups is 1. The third-order valence-electron chi connectivity index (χ3n) is 7.02. The maximum atomic E-state index is 13.6. The third kappa shape index (κ3) is 4.17. The molecule has 1 aromatic carbocycles. The zero-order valence-corrected chi connectivity index (χ0v) is 21.1. The molecule has 6 rings (SSSR count). The lowest BCUT2D eigenvalue weighted by Gasteiger charge is -2.27. The Morgan fingerprint density at radius 3 is 2.78 bits per heavy atom. The highest BCUT2D eigenvalue weighted by atomic mass is 32.2. The van der Waals surface area contributed by atoms with Gasteiger partial charge in [0.2, 0.25) is 0 Å². The van der Waals surface area contributed by atoms with Gasteiger partial charge in [-0.15, -0.1) is 0 Å². The number of pyridine rings is 1. The number of allylic oxidation sites excluding steroid dienone is 1. The molecule has 7 heteroatoms. The zero-order chi connectivity index (χ0) is 24.6. The van der Waals surface area contributed by atoms with Gasteiger partial charge in [-0.3, -0.25) is 4.79 Å². The van der Waals surface area contributed by atoms with Crippen molar-refractivity contribution in [2.45, 2.75) is 44.2 Å². The van der Waals surface area contributed by atoms with Crippen molar-refractivity contribution in [1.82, 2.24) is 9.99 Å². The van der Waals surface area contributed by atoms with E-state index in [1.54, 1.807) is 17.5 Å². The summed E-state index contributed by atoms with van der Waals surface area (Å²) in [6.07, 6.45) is 8.29. The van der Waals surface area contributed by atoms with Crippen LogP contribution < -0.4 is 0 Å². The Labute approximate surface area is 214 Å². The minimum absolute atomic E-state index is 0.0509. The first-order chi connectivity index (χ1) is 17.6. The molecule has 6 nitrogen and oxygen atoms in total. The van der Waals surface area contributed by atoms with Gasteiger partial charge in [-0.25, -0.2) is 9.99 Å². The van der Waals surface area contributed by atoms with E-state index in [0.29, 0.717) is 0 Å². The number of aromatic nitrogens is 1. The monoisotopic (exact) mass is 497 g/mol. The van der Waals surface area contributed by atoms with Gasteiger partial charge in [-0.05, 0) is 86.2 Å². The lowest BCUT2D eigenvalue weighted by atomic mass is 9.79. The second-order valence-electron chi connectivity index (χ2n) is 9.40. The number of rotatable bonds is 5. The van der Waals surface area contributed by atoms with E-state index in [4.69, 9.17) is 18.9 Å². The topological polar surface area (TPSA) is 71.8 Å². The Morgan fingerprint density at radius 1 is 1.11 bits per heavy atom. The highest BCUT2D eigenvalue weighted by Gasteiger charge is 2.45. The number of nitrogens with zero attached hydrogens (tertiary/aromatic N) is 3. The zero-order valence-electron chi connectivity index (χ0n) is 20.3. The lowest BCUT2D eigenvalue weighted by molar-refractivity contribution is -0.131. The van der Waals surface area contributed by atoms with Crippen molar-refractivity contribution in [3.63, 3.8) is 0 Å². The van der Waals surface area contributed by atoms with Crippen LogP contribution in [0.4, 0.5) is 0 Å². The van der Waals surface area contributed by atoms with Gasteiger partial charge < -0.3 is 8.83 Å². The van der Waals surface area contributed by atoms with Crippen molar-refractivity contribution in [3.8, 4) is 0 Å². The summed E-state index contributed by atoms with van der Waals surface area (Å²) in [5.41, 5.74) is 5.37. The average Bonchev–Trinajstić information content (AvgIpc) is 3.64. The normalized spacial score (nSPS) is 20.7. The van der Waals surface area contributed by atoms with Gasteiger partial charge in [-0.1, -0.05) is 30.0 Å². The molecule has 3 aromatic heterocycles. The van der Waals surface area contributed by atoms with Crippen molar-refractivity contribution in [2.75, 3.05) is 5.75 Å². The number of carbonyl (C=O) groups excluding carboxylic acids is 1. The van der Waals surface area contributed by atoms with Crippen LogP contribution in [-0.4, -0.2) is 27.4 Å². The molecule has 1 aliphatic carbocycles. The molecule has 0 spiro atoms. The number of para-hydroxylation sites is 1. The molecule has 1 saturated carbocycles. The highest BCUT2D eigenvalue weighted by Crippen LogP contribution is 2.44. The van der Waals surface area contributed by atoms with Crippen LogP contribution in [0.1, 0.15) is 48.0 Å². The van der Waals surface area contributed by atoms with Crippen LogP contribution >= 0.6 is 11.8 Å². The van der Waals surface area contributed by atoms with Crippen LogP contribution in [-0.2, 0) is 4.79 Å². The van der Waals surface area contributed by atoms with Crippen LogP contribution in [0.25, 0.3) is 17.0 Å². The lowest BCUT2D eigenvalue weighted by Crippen LogP contribution is -2.32. The predicted molar refractivity (Wildman–Crippen MR) is 142 cm³/mol. The molecule has 1 amide bonds. The molecule has 1 aliphatic heterocycles. The van der Waals surface area contributed by atoms with Gasteiger partial charge in [0.25, 0.3) is 5.91 Å². The summed E-state index contributed by atoms with van der Waals surface area (Å²) < 4.78 is 11.4. The van der Waals surface area contributed by atoms with Gasteiger partial charge in [0.1, 0.15) is 17.6 Å². The Kier molecular flexibility index (Phi) is 6.01. The Morgan fingerprint density at radius 2 is 1.97 bits per heavy atom. The molecular weight excluding hydrogens is 470 g/mol. The molecule has 0 radical (unpaired) electrons. The van der Waals surface area contributed by atoms with Gasteiger partial charge in [-0.2, -0.15) is 5.10 Å². The number of furan rings is 2. The molecule has 2 aliphatic rings. The summed E-state index contributed by atoms with van der Waals surface area (Å²) in [4.78, 5) is 18.4. The average molecular weight is 498 g/mol. The number of hydrogen-bond donors (Lipinski definition) is 0. The number of hydrogen-bond acceptors (Lipinski definition) is 6. The molecule has 0 bridgehead atoms. The second-order valence-corrected chi connectivity index (χ2v) is 10.4. The van der Waals surface area contributed by atoms with E-state index in [-0.39, 0.29) is 23.6 Å². The van der Waals surface area contributed by atoms with Crippen LogP contribution in [0.15, 0.2) is 85.6 Å². The summed E-state index contributed by atoms with van der Waals surface area (Å²) in [6, 6.07) is 15.7. The fourth-order valence-corrected chi connectivity index (χ4v) is 6.12. The first-order valence-corrected chi connectivity index (χ1v) is 13.3. The minimum atomic E-state index is -0.239. The summed E-state index contributed by atoms with van der Waals surface area (Å²) >= 11 is 1.46. The predicted octanol–water partition coefficient (Wildman–Crippen LogP) is 6.95. The number of fused-ring (bicyclic) bond motifs is 2. The van der Waals surface area contributed by atoms with Crippen molar-refractivity contribution < 1.29 is 13.6 Å². The fraction of sp³-hybridized carbons (Fsp3) is 0.276. The number of aryl methyl sites for hydroxylation is 2. The maximum absolute atomic E-state index is 13.6. The van der Waals surface area contributed by atoms with Gasteiger partial charge in [0.05, 0.1) is 34.5 Å². The number of benzene rings is 1. The molecule has 4 aromatic rings. The minimum Gasteiger partial charge on any atom is -0.467 e. The largest absolute Gasteiger partial charge is 0.467 e. The van der Waals surface area contributed by atoms with Gasteiger partial charge in [0, 0.05) is 11.3 Å². The Bertz CT molecular complexity index is 1470. The van der Waals surface area contributed by atoms with Gasteiger partial charge >= 0.3 is 0 Å². The smallest absolute Gasteiger partial charge is 0.253 e. The molecule has 2 atom stereocenters. The molecule has 1 fully saturated rings. The Balaban J connectivity index is 1.29. The van der Waals surface area contributed by atoms with Crippen LogP contribution in [0.5, 0.6) is 0 Å². The SMILES string of the molecule is Cc1cc(SCC(=O)N2N=C3/C(=C/c4ccco4)CCC[C@@H]3[C@@H]2c2ccco2)nc2c(C)cccc12. The maximum Gasteiger partial charge on any atom is 0.253 e. The third-order valence-corrected chi connectivity index (χ3v) is 7.92. The molecule has 36 heavy (non-hydrogen) atoms. The first kappa shape index (κ1) is 22.9. The van der Waals surface area contributed by atoms with Crippen LogP contribution in [0, 0.1) is 19.8 Å². The molecule has 182 valence electrons. The fourth-order valence-electron chi connectivity index (χ4n) is 5.30. The summed E-state index contributed by atoms with van der Waals surface area (Å²) in [5, 5.41) is 8.54. The number of hydrazone groups is 1. The number of thioether (sulfide) groups is 1. The van der Waals surface area contributed by atoms with E-state index in [1.807, 2.05) is 24.3 Å². The van der Waals surface area contributed by atoms with E-state index in [9.17, 15) is 4.79 Å². The van der Waals surface area contributed by atoms with Gasteiger partial charge in [0.15, 0.2) is 0 Å². The molecule has 4 heterocycles. The second kappa shape index (κ2) is 9.47. The number of amides is 1. The molecule has 0 N–H and O–H groups in total.